The molecule has 0 saturated carbocycles. The van der Waals surface area contributed by atoms with Crippen molar-refractivity contribution in [2.45, 2.75) is 18.9 Å². The monoisotopic (exact) mass is 368 g/mol. The lowest BCUT2D eigenvalue weighted by Crippen LogP contribution is -2.56. The Bertz CT molecular complexity index is 797. The number of anilines is 1. The molecule has 0 spiro atoms. The Balaban J connectivity index is 1.88. The average molecular weight is 369 g/mol. The zero-order valence-electron chi connectivity index (χ0n) is 15.2. The van der Waals surface area contributed by atoms with Crippen LogP contribution in [0, 0.1) is 25.2 Å². The van der Waals surface area contributed by atoms with Gasteiger partial charge >= 0.3 is 0 Å². The topological polar surface area (TPSA) is 61.9 Å². The fraction of sp³-hybridized carbons (Fsp3) is 0.400. The van der Waals surface area contributed by atoms with Gasteiger partial charge in [0.15, 0.2) is 5.96 Å². The van der Waals surface area contributed by atoms with Crippen LogP contribution >= 0.6 is 11.8 Å². The molecule has 1 aromatic carbocycles. The number of carbonyl (C=O) groups is 1. The fourth-order valence-corrected chi connectivity index (χ4v) is 4.52. The molecule has 3 rings (SSSR count). The summed E-state index contributed by atoms with van der Waals surface area (Å²) in [7, 11) is 1.69. The lowest BCUT2D eigenvalue weighted by Gasteiger charge is -2.36. The third-order valence-corrected chi connectivity index (χ3v) is 6.01. The van der Waals surface area contributed by atoms with Crippen molar-refractivity contribution >= 4 is 29.3 Å². The van der Waals surface area contributed by atoms with Crippen LogP contribution in [0.2, 0.25) is 0 Å². The van der Waals surface area contributed by atoms with Crippen LogP contribution in [0.5, 0.6) is 0 Å². The number of hydrogen-bond acceptors (Lipinski definition) is 5. The average Bonchev–Trinajstić information content (AvgIpc) is 2.99. The number of nitrogens with two attached hydrogens (primary N) is 1. The first-order valence-corrected chi connectivity index (χ1v) is 9.66. The van der Waals surface area contributed by atoms with Gasteiger partial charge in [-0.3, -0.25) is 9.69 Å². The van der Waals surface area contributed by atoms with Gasteiger partial charge in [0.25, 0.3) is 0 Å². The van der Waals surface area contributed by atoms with Crippen molar-refractivity contribution < 1.29 is 4.79 Å². The summed E-state index contributed by atoms with van der Waals surface area (Å²) in [6.07, 6.45) is 7.83. The highest BCUT2D eigenvalue weighted by atomic mass is 32.2. The Hall–Kier alpha value is -2.39. The zero-order chi connectivity index (χ0) is 18.7. The summed E-state index contributed by atoms with van der Waals surface area (Å²) < 4.78 is 0. The van der Waals surface area contributed by atoms with Gasteiger partial charge in [-0.05, 0) is 30.0 Å². The molecule has 2 unspecified atom stereocenters. The summed E-state index contributed by atoms with van der Waals surface area (Å²) in [5, 5.41) is 2.00. The van der Waals surface area contributed by atoms with E-state index >= 15 is 0 Å². The van der Waals surface area contributed by atoms with Crippen LogP contribution in [0.15, 0.2) is 40.7 Å². The van der Waals surface area contributed by atoms with E-state index in [9.17, 15) is 4.79 Å². The van der Waals surface area contributed by atoms with Gasteiger partial charge in [0.05, 0.1) is 5.92 Å². The van der Waals surface area contributed by atoms with Crippen LogP contribution < -0.4 is 10.6 Å². The van der Waals surface area contributed by atoms with E-state index in [4.69, 9.17) is 17.1 Å². The highest BCUT2D eigenvalue weighted by molar-refractivity contribution is 8.02. The van der Waals surface area contributed by atoms with Gasteiger partial charge in [0, 0.05) is 38.0 Å². The predicted molar refractivity (Wildman–Crippen MR) is 109 cm³/mol. The van der Waals surface area contributed by atoms with Crippen molar-refractivity contribution in [3.8, 4) is 12.3 Å². The second kappa shape index (κ2) is 7.46. The molecule has 2 N–H and O–H groups in total. The number of aliphatic imine (C=N–C) groups is 1. The van der Waals surface area contributed by atoms with Gasteiger partial charge in [0.1, 0.15) is 5.54 Å². The number of terminal acetylenes is 1. The van der Waals surface area contributed by atoms with Gasteiger partial charge in [-0.2, -0.15) is 0 Å². The molecule has 6 heteroatoms. The first-order chi connectivity index (χ1) is 12.5. The fourth-order valence-electron chi connectivity index (χ4n) is 3.54. The van der Waals surface area contributed by atoms with E-state index in [1.807, 2.05) is 17.6 Å². The summed E-state index contributed by atoms with van der Waals surface area (Å²) >= 11 is 1.64. The summed E-state index contributed by atoms with van der Waals surface area (Å²) in [6, 6.07) is 8.34. The van der Waals surface area contributed by atoms with Gasteiger partial charge in [0.2, 0.25) is 5.91 Å². The Morgan fingerprint density at radius 2 is 2.35 bits per heavy atom. The highest BCUT2D eigenvalue weighted by Crippen LogP contribution is 2.40. The minimum Gasteiger partial charge on any atom is -0.369 e. The van der Waals surface area contributed by atoms with Crippen molar-refractivity contribution in [2.75, 3.05) is 30.8 Å². The van der Waals surface area contributed by atoms with E-state index in [1.165, 1.54) is 10.5 Å². The van der Waals surface area contributed by atoms with E-state index in [0.717, 1.165) is 5.69 Å². The smallest absolute Gasteiger partial charge is 0.236 e. The maximum atomic E-state index is 12.9. The summed E-state index contributed by atoms with van der Waals surface area (Å²) in [4.78, 5) is 21.4. The molecule has 1 aromatic rings. The first kappa shape index (κ1) is 18.4. The van der Waals surface area contributed by atoms with E-state index in [0.29, 0.717) is 31.2 Å². The second-order valence-electron chi connectivity index (χ2n) is 6.83. The van der Waals surface area contributed by atoms with Crippen LogP contribution in [-0.4, -0.2) is 48.2 Å². The highest BCUT2D eigenvalue weighted by Gasteiger charge is 2.54. The Morgan fingerprint density at radius 1 is 1.54 bits per heavy atom. The number of guanidine groups is 1. The van der Waals surface area contributed by atoms with Crippen molar-refractivity contribution in [1.82, 2.24) is 4.90 Å². The SMILES string of the molecule is C#CC/C=C\SCC12CN(c3cccc(C)c3)CC1C(=O)N(C)C(N)=N2. The van der Waals surface area contributed by atoms with E-state index in [-0.39, 0.29) is 11.8 Å². The molecule has 2 atom stereocenters. The molecule has 5 nitrogen and oxygen atoms in total. The lowest BCUT2D eigenvalue weighted by molar-refractivity contribution is -0.132. The molecular formula is C20H24N4OS. The molecule has 2 aliphatic rings. The normalized spacial score (nSPS) is 25.3. The van der Waals surface area contributed by atoms with Gasteiger partial charge in [-0.25, -0.2) is 4.99 Å². The molecule has 2 aliphatic heterocycles. The summed E-state index contributed by atoms with van der Waals surface area (Å²) in [5.41, 5.74) is 7.86. The Morgan fingerprint density at radius 3 is 3.08 bits per heavy atom. The number of amides is 1. The molecule has 0 aromatic heterocycles. The van der Waals surface area contributed by atoms with Crippen LogP contribution in [0.25, 0.3) is 0 Å². The zero-order valence-corrected chi connectivity index (χ0v) is 16.0. The van der Waals surface area contributed by atoms with Gasteiger partial charge < -0.3 is 10.6 Å². The second-order valence-corrected chi connectivity index (χ2v) is 7.73. The van der Waals surface area contributed by atoms with Gasteiger partial charge in [-0.15, -0.1) is 24.1 Å². The maximum Gasteiger partial charge on any atom is 0.236 e. The van der Waals surface area contributed by atoms with Crippen LogP contribution in [0.4, 0.5) is 5.69 Å². The number of allylic oxidation sites excluding steroid dienone is 1. The van der Waals surface area contributed by atoms with Crippen molar-refractivity contribution in [1.29, 1.82) is 0 Å². The molecule has 0 aliphatic carbocycles. The molecule has 1 amide bonds. The van der Waals surface area contributed by atoms with E-state index in [2.05, 4.69) is 35.9 Å². The first-order valence-electron chi connectivity index (χ1n) is 8.61. The van der Waals surface area contributed by atoms with Crippen LogP contribution in [0.1, 0.15) is 12.0 Å². The van der Waals surface area contributed by atoms with E-state index in [1.54, 1.807) is 18.8 Å². The molecular weight excluding hydrogens is 344 g/mol. The standard InChI is InChI=1S/C20H24N4OS/c1-4-5-6-10-26-14-20-13-24(16-9-7-8-15(2)11-16)12-17(20)18(25)23(3)19(21)22-20/h1,6-11,17H,5,12-14H2,2-3H3,(H2,21,22)/b10-6-. The number of benzene rings is 1. The van der Waals surface area contributed by atoms with Crippen molar-refractivity contribution in [2.24, 2.45) is 16.6 Å². The largest absolute Gasteiger partial charge is 0.369 e. The summed E-state index contributed by atoms with van der Waals surface area (Å²) in [6.45, 7) is 3.40. The van der Waals surface area contributed by atoms with Crippen LogP contribution in [0.3, 0.4) is 0 Å². The molecule has 1 fully saturated rings. The number of fused-ring (bicyclic) bond motifs is 1. The quantitative estimate of drug-likeness (QED) is 0.810. The van der Waals surface area contributed by atoms with Crippen molar-refractivity contribution in [3.63, 3.8) is 0 Å². The molecule has 1 saturated heterocycles. The minimum atomic E-state index is -0.511. The number of nitrogens with zero attached hydrogens (tertiary/aromatic N) is 3. The minimum absolute atomic E-state index is 0.0425. The molecule has 2 heterocycles. The van der Waals surface area contributed by atoms with E-state index < -0.39 is 5.54 Å². The molecule has 0 bridgehead atoms. The number of carbonyl (C=O) groups excluding carboxylic acids is 1. The summed E-state index contributed by atoms with van der Waals surface area (Å²) in [5.74, 6) is 3.42. The third-order valence-electron chi connectivity index (χ3n) is 4.95. The number of aryl methyl sites for hydroxylation is 1. The van der Waals surface area contributed by atoms with Gasteiger partial charge in [-0.1, -0.05) is 18.2 Å². The maximum absolute atomic E-state index is 12.9. The molecule has 26 heavy (non-hydrogen) atoms. The Labute approximate surface area is 159 Å². The Kier molecular flexibility index (Phi) is 5.28. The lowest BCUT2D eigenvalue weighted by atomic mass is 9.87. The number of thioether (sulfide) groups is 1. The molecule has 136 valence electrons. The predicted octanol–water partition coefficient (Wildman–Crippen LogP) is 2.23. The van der Waals surface area contributed by atoms with Crippen LogP contribution in [-0.2, 0) is 4.79 Å². The molecule has 0 radical (unpaired) electrons. The van der Waals surface area contributed by atoms with Crippen molar-refractivity contribution in [3.05, 3.63) is 41.3 Å². The third kappa shape index (κ3) is 3.45. The number of rotatable bonds is 5. The number of hydrogen-bond donors (Lipinski definition) is 1.